The first-order valence-corrected chi connectivity index (χ1v) is 8.01. The van der Waals surface area contributed by atoms with Crippen LogP contribution in [0.25, 0.3) is 10.8 Å². The Hall–Kier alpha value is -1.41. The zero-order valence-corrected chi connectivity index (χ0v) is 12.1. The van der Waals surface area contributed by atoms with Gasteiger partial charge in [0, 0.05) is 18.4 Å². The van der Waals surface area contributed by atoms with Crippen LogP contribution in [0.5, 0.6) is 5.75 Å². The van der Waals surface area contributed by atoms with Crippen molar-refractivity contribution in [1.82, 2.24) is 0 Å². The fourth-order valence-electron chi connectivity index (χ4n) is 2.44. The number of benzene rings is 2. The lowest BCUT2D eigenvalue weighted by molar-refractivity contribution is 0.318. The molecule has 1 nitrogen and oxygen atoms in total. The van der Waals surface area contributed by atoms with Gasteiger partial charge >= 0.3 is 0 Å². The Morgan fingerprint density at radius 3 is 2.79 bits per heavy atom. The van der Waals surface area contributed by atoms with E-state index in [1.165, 1.54) is 34.9 Å². The predicted octanol–water partition coefficient (Wildman–Crippen LogP) is 4.03. The summed E-state index contributed by atoms with van der Waals surface area (Å²) in [4.78, 5) is 1.54. The summed E-state index contributed by atoms with van der Waals surface area (Å²) in [6.45, 7) is 2.92. The summed E-state index contributed by atoms with van der Waals surface area (Å²) >= 11 is 2.01. The van der Waals surface area contributed by atoms with E-state index in [-0.39, 0.29) is 0 Å². The molecule has 0 aliphatic carbocycles. The number of fused-ring (bicyclic) bond motifs is 1. The van der Waals surface area contributed by atoms with Gasteiger partial charge in [-0.1, -0.05) is 19.1 Å². The average Bonchev–Trinajstić information content (AvgIpc) is 2.98. The number of hydrogen-bond acceptors (Lipinski definition) is 1. The molecule has 0 fully saturated rings. The van der Waals surface area contributed by atoms with Crippen LogP contribution in [-0.4, -0.2) is 17.2 Å². The maximum Gasteiger partial charge on any atom is 0.208 e. The Morgan fingerprint density at radius 1 is 1.11 bits per heavy atom. The van der Waals surface area contributed by atoms with E-state index < -0.39 is 0 Å². The van der Waals surface area contributed by atoms with Crippen LogP contribution in [0.1, 0.15) is 31.7 Å². The molecule has 0 saturated heterocycles. The summed E-state index contributed by atoms with van der Waals surface area (Å²) in [6.07, 6.45) is 3.60. The van der Waals surface area contributed by atoms with Crippen molar-refractivity contribution in [2.24, 2.45) is 0 Å². The van der Waals surface area contributed by atoms with Gasteiger partial charge in [-0.3, -0.25) is 0 Å². The molecular formula is C17H19OS+. The first-order chi connectivity index (χ1) is 9.36. The molecule has 2 aromatic carbocycles. The molecule has 0 unspecified atom stereocenters. The van der Waals surface area contributed by atoms with Crippen LogP contribution in [0.4, 0.5) is 0 Å². The highest BCUT2D eigenvalue weighted by molar-refractivity contribution is 7.79. The fraction of sp³-hybridized carbons (Fsp3) is 0.353. The second-order valence-electron chi connectivity index (χ2n) is 4.95. The van der Waals surface area contributed by atoms with Crippen LogP contribution < -0.4 is 4.74 Å². The predicted molar refractivity (Wildman–Crippen MR) is 85.3 cm³/mol. The molecule has 1 heterocycles. The van der Waals surface area contributed by atoms with Crippen LogP contribution >= 0.6 is 0 Å². The topological polar surface area (TPSA) is 9.23 Å². The van der Waals surface area contributed by atoms with Gasteiger partial charge in [-0.05, 0) is 41.5 Å². The summed E-state index contributed by atoms with van der Waals surface area (Å²) < 4.78 is 5.72. The van der Waals surface area contributed by atoms with Crippen LogP contribution in [-0.2, 0) is 11.4 Å². The normalized spacial score (nSPS) is 14.7. The molecule has 19 heavy (non-hydrogen) atoms. The molecule has 0 aromatic heterocycles. The molecule has 0 amide bonds. The summed E-state index contributed by atoms with van der Waals surface area (Å²) in [5.41, 5.74) is 1.39. The molecule has 0 saturated carbocycles. The Kier molecular flexibility index (Phi) is 3.79. The average molecular weight is 271 g/mol. The van der Waals surface area contributed by atoms with Crippen molar-refractivity contribution >= 4 is 27.0 Å². The van der Waals surface area contributed by atoms with Crippen LogP contribution in [0.15, 0.2) is 36.4 Å². The largest absolute Gasteiger partial charge is 0.494 e. The van der Waals surface area contributed by atoms with E-state index >= 15 is 0 Å². The van der Waals surface area contributed by atoms with Crippen molar-refractivity contribution in [2.75, 3.05) is 12.4 Å². The Balaban J connectivity index is 1.95. The van der Waals surface area contributed by atoms with Gasteiger partial charge < -0.3 is 4.74 Å². The highest BCUT2D eigenvalue weighted by Crippen LogP contribution is 2.23. The Labute approximate surface area is 118 Å². The van der Waals surface area contributed by atoms with E-state index in [2.05, 4.69) is 43.3 Å². The Bertz CT molecular complexity index is 616. The molecule has 2 aromatic rings. The summed E-state index contributed by atoms with van der Waals surface area (Å²) in [7, 11) is 0. The van der Waals surface area contributed by atoms with Crippen molar-refractivity contribution < 1.29 is 4.74 Å². The van der Waals surface area contributed by atoms with E-state index in [1.807, 2.05) is 11.4 Å². The zero-order valence-electron chi connectivity index (χ0n) is 11.3. The smallest absolute Gasteiger partial charge is 0.208 e. The molecule has 1 aliphatic heterocycles. The molecule has 3 rings (SSSR count). The van der Waals surface area contributed by atoms with Crippen molar-refractivity contribution in [1.29, 1.82) is 0 Å². The molecule has 0 bridgehead atoms. The van der Waals surface area contributed by atoms with Crippen LogP contribution in [0.3, 0.4) is 0 Å². The maximum atomic E-state index is 5.72. The number of hydrogen-bond donors (Lipinski definition) is 0. The molecule has 2 heteroatoms. The van der Waals surface area contributed by atoms with Crippen LogP contribution in [0.2, 0.25) is 0 Å². The number of ether oxygens (including phenoxy) is 1. The van der Waals surface area contributed by atoms with Crippen molar-refractivity contribution in [3.05, 3.63) is 42.0 Å². The van der Waals surface area contributed by atoms with Gasteiger partial charge in [-0.25, -0.2) is 0 Å². The molecule has 98 valence electrons. The first-order valence-electron chi connectivity index (χ1n) is 7.02. The molecule has 0 spiro atoms. The minimum Gasteiger partial charge on any atom is -0.494 e. The van der Waals surface area contributed by atoms with Crippen molar-refractivity contribution in [2.45, 2.75) is 26.2 Å². The minimum absolute atomic E-state index is 0.790. The van der Waals surface area contributed by atoms with E-state index in [9.17, 15) is 0 Å². The summed E-state index contributed by atoms with van der Waals surface area (Å²) in [6, 6.07) is 13.2. The quantitative estimate of drug-likeness (QED) is 0.602. The van der Waals surface area contributed by atoms with E-state index in [0.717, 1.165) is 18.8 Å². The van der Waals surface area contributed by atoms with Gasteiger partial charge in [-0.2, -0.15) is 0 Å². The van der Waals surface area contributed by atoms with Crippen molar-refractivity contribution in [3.8, 4) is 5.75 Å². The molecule has 0 N–H and O–H groups in total. The zero-order chi connectivity index (χ0) is 13.1. The summed E-state index contributed by atoms with van der Waals surface area (Å²) in [5, 5.41) is 2.57. The third-order valence-corrected chi connectivity index (χ3v) is 4.71. The molecule has 0 radical (unpaired) electrons. The standard InChI is InChI=1S/C17H19OS/c1-2-9-18-16-8-7-13-5-6-14(11-15(13)12-16)17-4-3-10-19-17/h5-8,11-12H,2-4,9-10H2,1H3/q+1. The van der Waals surface area contributed by atoms with Gasteiger partial charge in [0.15, 0.2) is 17.1 Å². The third kappa shape index (κ3) is 2.79. The third-order valence-electron chi connectivity index (χ3n) is 3.43. The van der Waals surface area contributed by atoms with Gasteiger partial charge in [0.25, 0.3) is 0 Å². The lowest BCUT2D eigenvalue weighted by atomic mass is 10.0. The first kappa shape index (κ1) is 12.6. The molecule has 0 atom stereocenters. The van der Waals surface area contributed by atoms with Crippen molar-refractivity contribution in [3.63, 3.8) is 0 Å². The van der Waals surface area contributed by atoms with Gasteiger partial charge in [0.2, 0.25) is 4.86 Å². The SMILES string of the molecule is CCCOc1ccc2ccc(C3=[S+]CCC3)cc2c1. The van der Waals surface area contributed by atoms with E-state index in [0.29, 0.717) is 0 Å². The monoisotopic (exact) mass is 271 g/mol. The lowest BCUT2D eigenvalue weighted by Crippen LogP contribution is -1.97. The molecular weight excluding hydrogens is 252 g/mol. The number of rotatable bonds is 4. The van der Waals surface area contributed by atoms with Gasteiger partial charge in [-0.15, -0.1) is 0 Å². The second-order valence-corrected chi connectivity index (χ2v) is 6.14. The Morgan fingerprint density at radius 2 is 2.00 bits per heavy atom. The van der Waals surface area contributed by atoms with E-state index in [4.69, 9.17) is 4.74 Å². The maximum absolute atomic E-state index is 5.72. The highest BCUT2D eigenvalue weighted by atomic mass is 32.1. The van der Waals surface area contributed by atoms with Gasteiger partial charge in [0.1, 0.15) is 5.75 Å². The lowest BCUT2D eigenvalue weighted by Gasteiger charge is -2.06. The van der Waals surface area contributed by atoms with Crippen LogP contribution in [0, 0.1) is 0 Å². The summed E-state index contributed by atoms with van der Waals surface area (Å²) in [5.74, 6) is 2.25. The minimum atomic E-state index is 0.790. The van der Waals surface area contributed by atoms with Gasteiger partial charge in [0.05, 0.1) is 6.61 Å². The van der Waals surface area contributed by atoms with E-state index in [1.54, 1.807) is 4.86 Å². The molecule has 1 aliphatic rings. The highest BCUT2D eigenvalue weighted by Gasteiger charge is 2.20. The second kappa shape index (κ2) is 5.70. The fourth-order valence-corrected chi connectivity index (χ4v) is 3.55.